The number of methoxy groups -OCH3 is 1. The highest BCUT2D eigenvalue weighted by Crippen LogP contribution is 2.24. The molecule has 2 rings (SSSR count). The zero-order valence-corrected chi connectivity index (χ0v) is 15.4. The van der Waals surface area contributed by atoms with Crippen molar-refractivity contribution in [3.8, 4) is 5.75 Å². The van der Waals surface area contributed by atoms with E-state index in [-0.39, 0.29) is 11.8 Å². The Morgan fingerprint density at radius 3 is 2.79 bits per heavy atom. The molecule has 6 nitrogen and oxygen atoms in total. The Morgan fingerprint density at radius 1 is 1.42 bits per heavy atom. The molecule has 134 valence electrons. The van der Waals surface area contributed by atoms with Crippen molar-refractivity contribution in [3.63, 3.8) is 0 Å². The molecule has 0 spiro atoms. The third-order valence-corrected chi connectivity index (χ3v) is 5.71. The Balaban J connectivity index is 1.85. The summed E-state index contributed by atoms with van der Waals surface area (Å²) >= 11 is 0. The van der Waals surface area contributed by atoms with Crippen molar-refractivity contribution in [2.75, 3.05) is 31.8 Å². The molecule has 1 aromatic rings. The van der Waals surface area contributed by atoms with Crippen LogP contribution in [0.3, 0.4) is 0 Å². The molecule has 0 saturated carbocycles. The molecule has 7 heteroatoms. The second kappa shape index (κ2) is 7.98. The van der Waals surface area contributed by atoms with E-state index in [4.69, 9.17) is 4.74 Å². The monoisotopic (exact) mass is 354 g/mol. The molecule has 1 fully saturated rings. The van der Waals surface area contributed by atoms with E-state index < -0.39 is 10.0 Å². The van der Waals surface area contributed by atoms with Gasteiger partial charge in [0.25, 0.3) is 0 Å². The fourth-order valence-corrected chi connectivity index (χ4v) is 3.96. The number of nitrogens with zero attached hydrogens (tertiary/aromatic N) is 1. The summed E-state index contributed by atoms with van der Waals surface area (Å²) in [7, 11) is -1.53. The molecule has 0 aromatic heterocycles. The van der Waals surface area contributed by atoms with Crippen LogP contribution in [0.15, 0.2) is 18.2 Å². The number of anilines is 1. The molecule has 24 heavy (non-hydrogen) atoms. The number of carbonyl (C=O) groups is 1. The number of piperidine rings is 1. The molecule has 1 unspecified atom stereocenters. The first-order valence-electron chi connectivity index (χ1n) is 8.19. The molecule has 0 radical (unpaired) electrons. The lowest BCUT2D eigenvalue weighted by Crippen LogP contribution is -2.39. The van der Waals surface area contributed by atoms with Gasteiger partial charge in [-0.15, -0.1) is 0 Å². The van der Waals surface area contributed by atoms with Crippen LogP contribution >= 0.6 is 0 Å². The van der Waals surface area contributed by atoms with E-state index in [0.29, 0.717) is 25.9 Å². The van der Waals surface area contributed by atoms with Crippen molar-refractivity contribution in [3.05, 3.63) is 23.8 Å². The van der Waals surface area contributed by atoms with Crippen molar-refractivity contribution >= 4 is 21.6 Å². The van der Waals surface area contributed by atoms with Gasteiger partial charge in [-0.05, 0) is 55.9 Å². The lowest BCUT2D eigenvalue weighted by atomic mass is 9.94. The highest BCUT2D eigenvalue weighted by molar-refractivity contribution is 7.88. The first-order chi connectivity index (χ1) is 11.3. The molecule has 1 heterocycles. The lowest BCUT2D eigenvalue weighted by Gasteiger charge is -2.30. The second-order valence-corrected chi connectivity index (χ2v) is 8.38. The number of hydrogen-bond donors (Lipinski definition) is 1. The molecule has 1 atom stereocenters. The van der Waals surface area contributed by atoms with Gasteiger partial charge >= 0.3 is 0 Å². The standard InChI is InChI=1S/C17H26N2O4S/c1-13-11-15(23-2)7-8-16(13)18-17(20)9-6-14-5-4-10-19(12-14)24(3,21)22/h7-8,11,14H,4-6,9-10,12H2,1-3H3,(H,18,20). The van der Waals surface area contributed by atoms with E-state index in [9.17, 15) is 13.2 Å². The van der Waals surface area contributed by atoms with Gasteiger partial charge in [-0.2, -0.15) is 0 Å². The summed E-state index contributed by atoms with van der Waals surface area (Å²) < 4.78 is 29.9. The van der Waals surface area contributed by atoms with Crippen molar-refractivity contribution in [2.24, 2.45) is 5.92 Å². The molecule has 1 aliphatic rings. The van der Waals surface area contributed by atoms with Crippen LogP contribution in [0.1, 0.15) is 31.2 Å². The first kappa shape index (κ1) is 18.7. The van der Waals surface area contributed by atoms with Crippen LogP contribution in [0.2, 0.25) is 0 Å². The minimum Gasteiger partial charge on any atom is -0.497 e. The molecular weight excluding hydrogens is 328 g/mol. The zero-order valence-electron chi connectivity index (χ0n) is 14.5. The van der Waals surface area contributed by atoms with Crippen LogP contribution in [-0.4, -0.2) is 45.1 Å². The van der Waals surface area contributed by atoms with Gasteiger partial charge in [0.15, 0.2) is 0 Å². The number of aryl methyl sites for hydroxylation is 1. The molecular formula is C17H26N2O4S. The minimum atomic E-state index is -3.14. The van der Waals surface area contributed by atoms with Crippen LogP contribution in [-0.2, 0) is 14.8 Å². The predicted octanol–water partition coefficient (Wildman–Crippen LogP) is 2.39. The van der Waals surface area contributed by atoms with Gasteiger partial charge in [0.1, 0.15) is 5.75 Å². The number of nitrogens with one attached hydrogen (secondary N) is 1. The summed E-state index contributed by atoms with van der Waals surface area (Å²) in [5, 5.41) is 2.92. The van der Waals surface area contributed by atoms with Gasteiger partial charge in [-0.25, -0.2) is 12.7 Å². The third-order valence-electron chi connectivity index (χ3n) is 4.44. The smallest absolute Gasteiger partial charge is 0.224 e. The maximum absolute atomic E-state index is 12.2. The van der Waals surface area contributed by atoms with E-state index >= 15 is 0 Å². The fraction of sp³-hybridized carbons (Fsp3) is 0.588. The zero-order chi connectivity index (χ0) is 17.7. The number of amides is 1. The maximum Gasteiger partial charge on any atom is 0.224 e. The molecule has 1 N–H and O–H groups in total. The molecule has 1 aliphatic heterocycles. The van der Waals surface area contributed by atoms with Crippen LogP contribution in [0, 0.1) is 12.8 Å². The molecule has 0 aliphatic carbocycles. The Morgan fingerprint density at radius 2 is 2.17 bits per heavy atom. The van der Waals surface area contributed by atoms with E-state index in [1.807, 2.05) is 25.1 Å². The average Bonchev–Trinajstić information content (AvgIpc) is 2.54. The quantitative estimate of drug-likeness (QED) is 0.851. The van der Waals surface area contributed by atoms with Gasteiger partial charge in [-0.3, -0.25) is 4.79 Å². The minimum absolute atomic E-state index is 0.0419. The molecule has 1 aromatic carbocycles. The number of benzene rings is 1. The Labute approximate surface area is 144 Å². The molecule has 1 amide bonds. The second-order valence-electron chi connectivity index (χ2n) is 6.40. The summed E-state index contributed by atoms with van der Waals surface area (Å²) in [6.07, 6.45) is 4.17. The Bertz CT molecular complexity index is 688. The summed E-state index contributed by atoms with van der Waals surface area (Å²) in [4.78, 5) is 12.2. The van der Waals surface area contributed by atoms with Crippen molar-refractivity contribution in [1.82, 2.24) is 4.31 Å². The van der Waals surface area contributed by atoms with Crippen LogP contribution in [0.4, 0.5) is 5.69 Å². The molecule has 1 saturated heterocycles. The number of carbonyl (C=O) groups excluding carboxylic acids is 1. The predicted molar refractivity (Wildman–Crippen MR) is 94.7 cm³/mol. The Hall–Kier alpha value is -1.60. The summed E-state index contributed by atoms with van der Waals surface area (Å²) in [5.41, 5.74) is 1.73. The van der Waals surface area contributed by atoms with Crippen LogP contribution in [0.25, 0.3) is 0 Å². The van der Waals surface area contributed by atoms with E-state index in [1.54, 1.807) is 7.11 Å². The largest absolute Gasteiger partial charge is 0.497 e. The van der Waals surface area contributed by atoms with Gasteiger partial charge in [0, 0.05) is 25.2 Å². The normalized spacial score (nSPS) is 19.0. The Kier molecular flexibility index (Phi) is 6.23. The van der Waals surface area contributed by atoms with Crippen molar-refractivity contribution in [1.29, 1.82) is 0 Å². The maximum atomic E-state index is 12.2. The van der Waals surface area contributed by atoms with E-state index in [1.165, 1.54) is 10.6 Å². The third kappa shape index (κ3) is 5.21. The van der Waals surface area contributed by atoms with E-state index in [2.05, 4.69) is 5.32 Å². The van der Waals surface area contributed by atoms with Gasteiger partial charge < -0.3 is 10.1 Å². The fourth-order valence-electron chi connectivity index (χ4n) is 3.02. The average molecular weight is 354 g/mol. The number of hydrogen-bond acceptors (Lipinski definition) is 4. The van der Waals surface area contributed by atoms with Gasteiger partial charge in [0.05, 0.1) is 13.4 Å². The summed E-state index contributed by atoms with van der Waals surface area (Å²) in [6.45, 7) is 3.03. The number of ether oxygens (including phenoxy) is 1. The number of sulfonamides is 1. The molecule has 0 bridgehead atoms. The highest BCUT2D eigenvalue weighted by Gasteiger charge is 2.26. The van der Waals surface area contributed by atoms with Crippen molar-refractivity contribution in [2.45, 2.75) is 32.6 Å². The topological polar surface area (TPSA) is 75.7 Å². The number of rotatable bonds is 6. The van der Waals surface area contributed by atoms with Gasteiger partial charge in [0.2, 0.25) is 15.9 Å². The summed E-state index contributed by atoms with van der Waals surface area (Å²) in [5.74, 6) is 0.963. The first-order valence-corrected chi connectivity index (χ1v) is 10.0. The van der Waals surface area contributed by atoms with Crippen LogP contribution < -0.4 is 10.1 Å². The van der Waals surface area contributed by atoms with Crippen LogP contribution in [0.5, 0.6) is 5.75 Å². The summed E-state index contributed by atoms with van der Waals surface area (Å²) in [6, 6.07) is 5.52. The van der Waals surface area contributed by atoms with Gasteiger partial charge in [-0.1, -0.05) is 0 Å². The van der Waals surface area contributed by atoms with E-state index in [0.717, 1.165) is 29.8 Å². The highest BCUT2D eigenvalue weighted by atomic mass is 32.2. The van der Waals surface area contributed by atoms with Crippen molar-refractivity contribution < 1.29 is 17.9 Å². The SMILES string of the molecule is COc1ccc(NC(=O)CCC2CCCN(S(C)(=O)=O)C2)c(C)c1. The lowest BCUT2D eigenvalue weighted by molar-refractivity contribution is -0.116.